The van der Waals surface area contributed by atoms with E-state index in [0.717, 1.165) is 27.3 Å². The second-order valence-corrected chi connectivity index (χ2v) is 8.75. The van der Waals surface area contributed by atoms with Crippen LogP contribution in [0.25, 0.3) is 11.3 Å². The van der Waals surface area contributed by atoms with Gasteiger partial charge in [0, 0.05) is 22.8 Å². The van der Waals surface area contributed by atoms with Crippen molar-refractivity contribution < 1.29 is 4.42 Å². The monoisotopic (exact) mass is 489 g/mol. The van der Waals surface area contributed by atoms with Crippen molar-refractivity contribution >= 4 is 33.3 Å². The summed E-state index contributed by atoms with van der Waals surface area (Å²) in [5.41, 5.74) is 3.16. The van der Waals surface area contributed by atoms with E-state index in [2.05, 4.69) is 43.3 Å². The van der Waals surface area contributed by atoms with Gasteiger partial charge in [0.25, 0.3) is 0 Å². The van der Waals surface area contributed by atoms with Crippen LogP contribution in [0.4, 0.5) is 0 Å². The molecule has 0 amide bonds. The lowest BCUT2D eigenvalue weighted by atomic mass is 10.0. The van der Waals surface area contributed by atoms with E-state index in [1.807, 2.05) is 79.0 Å². The molecule has 154 valence electrons. The maximum absolute atomic E-state index is 6.38. The van der Waals surface area contributed by atoms with Gasteiger partial charge in [-0.1, -0.05) is 64.5 Å². The third-order valence-electron chi connectivity index (χ3n) is 5.44. The number of rotatable bonds is 5. The Bertz CT molecular complexity index is 1180. The lowest BCUT2D eigenvalue weighted by Gasteiger charge is -2.26. The summed E-state index contributed by atoms with van der Waals surface area (Å²) in [6, 6.07) is 28.3. The van der Waals surface area contributed by atoms with E-state index in [1.54, 1.807) is 0 Å². The molecule has 31 heavy (non-hydrogen) atoms. The summed E-state index contributed by atoms with van der Waals surface area (Å²) in [4.78, 5) is 6.78. The Labute approximate surface area is 195 Å². The summed E-state index contributed by atoms with van der Waals surface area (Å²) in [6.07, 6.45) is 1.81. The molecule has 3 heterocycles. The van der Waals surface area contributed by atoms with Gasteiger partial charge in [-0.3, -0.25) is 4.98 Å². The molecule has 4 nitrogen and oxygen atoms in total. The molecule has 1 fully saturated rings. The second kappa shape index (κ2) is 8.65. The van der Waals surface area contributed by atoms with Crippen molar-refractivity contribution in [2.75, 3.05) is 0 Å². The summed E-state index contributed by atoms with van der Waals surface area (Å²) in [7, 11) is 0. The summed E-state index contributed by atoms with van der Waals surface area (Å²) in [6.45, 7) is 0.689. The molecule has 0 saturated carbocycles. The third-order valence-corrected chi connectivity index (χ3v) is 6.32. The number of pyridine rings is 1. The van der Waals surface area contributed by atoms with Crippen LogP contribution in [0.2, 0.25) is 0 Å². The quantitative estimate of drug-likeness (QED) is 0.334. The van der Waals surface area contributed by atoms with Crippen LogP contribution < -0.4 is 5.32 Å². The van der Waals surface area contributed by atoms with Gasteiger partial charge in [0.15, 0.2) is 5.11 Å². The van der Waals surface area contributed by atoms with Crippen molar-refractivity contribution in [2.45, 2.75) is 18.6 Å². The topological polar surface area (TPSA) is 41.3 Å². The van der Waals surface area contributed by atoms with Crippen molar-refractivity contribution in [3.8, 4) is 11.3 Å². The lowest BCUT2D eigenvalue weighted by Crippen LogP contribution is -2.29. The zero-order valence-electron chi connectivity index (χ0n) is 16.6. The van der Waals surface area contributed by atoms with Gasteiger partial charge in [-0.15, -0.1) is 0 Å². The molecule has 2 aromatic carbocycles. The van der Waals surface area contributed by atoms with Gasteiger partial charge < -0.3 is 14.6 Å². The fourth-order valence-electron chi connectivity index (χ4n) is 3.95. The molecule has 2 atom stereocenters. The molecule has 6 heteroatoms. The maximum Gasteiger partial charge on any atom is 0.170 e. The first kappa shape index (κ1) is 20.0. The first-order valence-electron chi connectivity index (χ1n) is 10.1. The van der Waals surface area contributed by atoms with E-state index in [9.17, 15) is 0 Å². The van der Waals surface area contributed by atoms with E-state index >= 15 is 0 Å². The molecular formula is C25H20BrN3OS. The Balaban J connectivity index is 1.53. The lowest BCUT2D eigenvalue weighted by molar-refractivity contribution is 0.269. The van der Waals surface area contributed by atoms with Gasteiger partial charge in [0.2, 0.25) is 0 Å². The average Bonchev–Trinajstić information content (AvgIpc) is 3.41. The van der Waals surface area contributed by atoms with Gasteiger partial charge in [0.1, 0.15) is 17.6 Å². The first-order valence-corrected chi connectivity index (χ1v) is 11.3. The van der Waals surface area contributed by atoms with Gasteiger partial charge >= 0.3 is 0 Å². The van der Waals surface area contributed by atoms with Crippen LogP contribution in [0.1, 0.15) is 29.1 Å². The molecular weight excluding hydrogens is 470 g/mol. The smallest absolute Gasteiger partial charge is 0.170 e. The average molecular weight is 490 g/mol. The Morgan fingerprint density at radius 1 is 0.935 bits per heavy atom. The molecule has 0 bridgehead atoms. The molecule has 1 aliphatic rings. The van der Waals surface area contributed by atoms with Crippen LogP contribution in [0.15, 0.2) is 100 Å². The minimum absolute atomic E-state index is 0.0960. The predicted molar refractivity (Wildman–Crippen MR) is 129 cm³/mol. The van der Waals surface area contributed by atoms with Crippen molar-refractivity contribution in [1.82, 2.24) is 15.2 Å². The molecule has 1 N–H and O–H groups in total. The molecule has 1 aliphatic heterocycles. The summed E-state index contributed by atoms with van der Waals surface area (Å²) < 4.78 is 7.42. The fraction of sp³-hybridized carbons (Fsp3) is 0.120. The predicted octanol–water partition coefficient (Wildman–Crippen LogP) is 6.28. The van der Waals surface area contributed by atoms with E-state index in [0.29, 0.717) is 11.7 Å². The number of hydrogen-bond donors (Lipinski definition) is 1. The van der Waals surface area contributed by atoms with E-state index in [4.69, 9.17) is 16.6 Å². The minimum atomic E-state index is -0.105. The molecule has 2 aromatic heterocycles. The number of nitrogens with zero attached hydrogens (tertiary/aromatic N) is 2. The molecule has 5 rings (SSSR count). The molecule has 0 radical (unpaired) electrons. The highest BCUT2D eigenvalue weighted by molar-refractivity contribution is 9.10. The van der Waals surface area contributed by atoms with Crippen molar-refractivity contribution in [2.24, 2.45) is 0 Å². The number of nitrogens with one attached hydrogen (secondary N) is 1. The van der Waals surface area contributed by atoms with E-state index in [-0.39, 0.29) is 12.1 Å². The summed E-state index contributed by atoms with van der Waals surface area (Å²) >= 11 is 9.24. The Morgan fingerprint density at radius 2 is 1.71 bits per heavy atom. The minimum Gasteiger partial charge on any atom is -0.459 e. The molecule has 1 saturated heterocycles. The van der Waals surface area contributed by atoms with Gasteiger partial charge in [0.05, 0.1) is 11.7 Å². The number of hydrogen-bond acceptors (Lipinski definition) is 3. The Morgan fingerprint density at radius 3 is 2.45 bits per heavy atom. The van der Waals surface area contributed by atoms with Gasteiger partial charge in [-0.25, -0.2) is 0 Å². The molecule has 0 unspecified atom stereocenters. The van der Waals surface area contributed by atoms with Crippen LogP contribution in [0, 0.1) is 0 Å². The van der Waals surface area contributed by atoms with E-state index in [1.165, 1.54) is 5.56 Å². The third kappa shape index (κ3) is 4.13. The standard InChI is InChI=1S/C25H20BrN3OS/c26-19-11-9-18(10-12-19)21-13-14-22(30-21)24-23(20-8-4-5-15-27-20)28-25(31)29(24)16-17-6-2-1-3-7-17/h1-15,23-24H,16H2,(H,28,31)/t23-,24-/m1/s1. The first-order chi connectivity index (χ1) is 15.2. The largest absolute Gasteiger partial charge is 0.459 e. The molecule has 4 aromatic rings. The highest BCUT2D eigenvalue weighted by atomic mass is 79.9. The van der Waals surface area contributed by atoms with Crippen LogP contribution in [-0.4, -0.2) is 15.0 Å². The SMILES string of the molecule is S=C1N[C@H](c2ccccn2)[C@@H](c2ccc(-c3ccc(Br)cc3)o2)N1Cc1ccccc1. The highest BCUT2D eigenvalue weighted by Crippen LogP contribution is 2.41. The number of furan rings is 1. The molecule has 0 aliphatic carbocycles. The number of thiocarbonyl (C=S) groups is 1. The van der Waals surface area contributed by atoms with Gasteiger partial charge in [-0.05, 0) is 54.2 Å². The Hall–Kier alpha value is -2.96. The zero-order valence-corrected chi connectivity index (χ0v) is 19.0. The fourth-order valence-corrected chi connectivity index (χ4v) is 4.52. The van der Waals surface area contributed by atoms with Crippen molar-refractivity contribution in [3.05, 3.63) is 113 Å². The van der Waals surface area contributed by atoms with Gasteiger partial charge in [-0.2, -0.15) is 0 Å². The summed E-state index contributed by atoms with van der Waals surface area (Å²) in [5, 5.41) is 4.17. The Kier molecular flexibility index (Phi) is 5.57. The second-order valence-electron chi connectivity index (χ2n) is 7.45. The van der Waals surface area contributed by atoms with E-state index < -0.39 is 0 Å². The molecule has 0 spiro atoms. The number of benzene rings is 2. The normalized spacial score (nSPS) is 18.2. The van der Waals surface area contributed by atoms with Crippen LogP contribution in [-0.2, 0) is 6.54 Å². The highest BCUT2D eigenvalue weighted by Gasteiger charge is 2.41. The number of aromatic nitrogens is 1. The van der Waals surface area contributed by atoms with Crippen LogP contribution in [0.3, 0.4) is 0 Å². The maximum atomic E-state index is 6.38. The van der Waals surface area contributed by atoms with Crippen molar-refractivity contribution in [3.63, 3.8) is 0 Å². The van der Waals surface area contributed by atoms with Crippen molar-refractivity contribution in [1.29, 1.82) is 0 Å². The zero-order chi connectivity index (χ0) is 21.2. The van der Waals surface area contributed by atoms with Crippen LogP contribution >= 0.6 is 28.1 Å². The number of halogens is 1. The van der Waals surface area contributed by atoms with Crippen LogP contribution in [0.5, 0.6) is 0 Å². The summed E-state index contributed by atoms with van der Waals surface area (Å²) in [5.74, 6) is 1.69.